The highest BCUT2D eigenvalue weighted by Gasteiger charge is 2.26. The molecular formula is C19H18Cl2F2N2O. The summed E-state index contributed by atoms with van der Waals surface area (Å²) in [5.41, 5.74) is 0.958. The van der Waals surface area contributed by atoms with E-state index in [2.05, 4.69) is 10.2 Å². The second-order valence-electron chi connectivity index (χ2n) is 6.37. The van der Waals surface area contributed by atoms with E-state index < -0.39 is 5.82 Å². The molecule has 0 radical (unpaired) electrons. The molecule has 3 nitrogen and oxygen atoms in total. The largest absolute Gasteiger partial charge is 0.326 e. The molecule has 26 heavy (non-hydrogen) atoms. The van der Waals surface area contributed by atoms with Crippen molar-refractivity contribution in [2.45, 2.75) is 19.4 Å². The van der Waals surface area contributed by atoms with E-state index in [9.17, 15) is 13.6 Å². The molecule has 1 N–H and O–H groups in total. The molecule has 0 atom stereocenters. The molecule has 138 valence electrons. The zero-order chi connectivity index (χ0) is 18.7. The number of nitrogens with zero attached hydrogens (tertiary/aromatic N) is 1. The van der Waals surface area contributed by atoms with E-state index >= 15 is 0 Å². The fourth-order valence-corrected chi connectivity index (χ4v) is 3.48. The van der Waals surface area contributed by atoms with Gasteiger partial charge in [0.25, 0.3) is 0 Å². The summed E-state index contributed by atoms with van der Waals surface area (Å²) in [6.07, 6.45) is 1.32. The van der Waals surface area contributed by atoms with E-state index in [1.165, 1.54) is 24.3 Å². The number of hydrogen-bond donors (Lipinski definition) is 1. The van der Waals surface area contributed by atoms with Gasteiger partial charge in [-0.2, -0.15) is 0 Å². The van der Waals surface area contributed by atoms with Crippen LogP contribution in [0.3, 0.4) is 0 Å². The van der Waals surface area contributed by atoms with Gasteiger partial charge in [0.1, 0.15) is 11.6 Å². The van der Waals surface area contributed by atoms with E-state index in [1.54, 1.807) is 12.1 Å². The van der Waals surface area contributed by atoms with Gasteiger partial charge in [-0.05, 0) is 56.3 Å². The van der Waals surface area contributed by atoms with Gasteiger partial charge in [0, 0.05) is 28.7 Å². The molecule has 0 spiro atoms. The molecule has 0 aromatic heterocycles. The highest BCUT2D eigenvalue weighted by molar-refractivity contribution is 6.31. The van der Waals surface area contributed by atoms with Crippen LogP contribution in [-0.4, -0.2) is 23.9 Å². The maximum absolute atomic E-state index is 13.9. The van der Waals surface area contributed by atoms with Crippen LogP contribution in [0, 0.1) is 17.6 Å². The van der Waals surface area contributed by atoms with Gasteiger partial charge in [0.2, 0.25) is 5.91 Å². The summed E-state index contributed by atoms with van der Waals surface area (Å²) < 4.78 is 27.1. The topological polar surface area (TPSA) is 32.3 Å². The molecule has 1 aliphatic heterocycles. The van der Waals surface area contributed by atoms with Crippen molar-refractivity contribution in [3.05, 3.63) is 63.6 Å². The summed E-state index contributed by atoms with van der Waals surface area (Å²) in [6.45, 7) is 1.77. The predicted octanol–water partition coefficient (Wildman–Crippen LogP) is 5.12. The standard InChI is InChI=1S/C19H18Cl2F2N2O/c20-15-2-1-3-17(22)14(15)11-25-8-6-12(7-9-25)19(26)24-13-4-5-18(23)16(21)10-13/h1-5,10,12H,6-9,11H2,(H,24,26). The van der Waals surface area contributed by atoms with Crippen LogP contribution < -0.4 is 5.32 Å². The van der Waals surface area contributed by atoms with Crippen molar-refractivity contribution in [1.82, 2.24) is 4.90 Å². The van der Waals surface area contributed by atoms with Crippen LogP contribution in [0.15, 0.2) is 36.4 Å². The van der Waals surface area contributed by atoms with Crippen LogP contribution in [0.25, 0.3) is 0 Å². The molecule has 0 unspecified atom stereocenters. The molecule has 2 aromatic rings. The quantitative estimate of drug-likeness (QED) is 0.774. The summed E-state index contributed by atoms with van der Waals surface area (Å²) >= 11 is 11.8. The van der Waals surface area contributed by atoms with Crippen LogP contribution in [0.4, 0.5) is 14.5 Å². The van der Waals surface area contributed by atoms with Gasteiger partial charge in [0.05, 0.1) is 5.02 Å². The third-order valence-electron chi connectivity index (χ3n) is 4.59. The third kappa shape index (κ3) is 4.53. The second kappa shape index (κ2) is 8.33. The fraction of sp³-hybridized carbons (Fsp3) is 0.316. The van der Waals surface area contributed by atoms with E-state index in [0.29, 0.717) is 48.7 Å². The van der Waals surface area contributed by atoms with Crippen LogP contribution >= 0.6 is 23.2 Å². The lowest BCUT2D eigenvalue weighted by molar-refractivity contribution is -0.121. The van der Waals surface area contributed by atoms with Crippen LogP contribution in [0.5, 0.6) is 0 Å². The lowest BCUT2D eigenvalue weighted by atomic mass is 9.95. The van der Waals surface area contributed by atoms with Crippen LogP contribution in [-0.2, 0) is 11.3 Å². The molecule has 1 saturated heterocycles. The minimum Gasteiger partial charge on any atom is -0.326 e. The number of nitrogens with one attached hydrogen (secondary N) is 1. The Morgan fingerprint density at radius 2 is 1.81 bits per heavy atom. The van der Waals surface area contributed by atoms with Crippen LogP contribution in [0.2, 0.25) is 10.0 Å². The molecule has 1 amide bonds. The van der Waals surface area contributed by atoms with Gasteiger partial charge in [-0.25, -0.2) is 8.78 Å². The van der Waals surface area contributed by atoms with Crippen molar-refractivity contribution >= 4 is 34.8 Å². The normalized spacial score (nSPS) is 15.8. The summed E-state index contributed by atoms with van der Waals surface area (Å²) in [7, 11) is 0. The monoisotopic (exact) mass is 398 g/mol. The Balaban J connectivity index is 1.54. The molecule has 1 aliphatic rings. The van der Waals surface area contributed by atoms with Gasteiger partial charge in [0.15, 0.2) is 0 Å². The molecule has 1 fully saturated rings. The Hall–Kier alpha value is -1.69. The van der Waals surface area contributed by atoms with E-state index in [-0.39, 0.29) is 22.7 Å². The van der Waals surface area contributed by atoms with Crippen molar-refractivity contribution in [2.75, 3.05) is 18.4 Å². The maximum atomic E-state index is 13.9. The summed E-state index contributed by atoms with van der Waals surface area (Å²) in [5, 5.41) is 3.16. The summed E-state index contributed by atoms with van der Waals surface area (Å²) in [5.74, 6) is -1.10. The maximum Gasteiger partial charge on any atom is 0.227 e. The lowest BCUT2D eigenvalue weighted by Crippen LogP contribution is -2.38. The fourth-order valence-electron chi connectivity index (χ4n) is 3.08. The Labute approximate surface area is 160 Å². The molecule has 7 heteroatoms. The van der Waals surface area contributed by atoms with Gasteiger partial charge in [-0.3, -0.25) is 9.69 Å². The average Bonchev–Trinajstić information content (AvgIpc) is 2.62. The predicted molar refractivity (Wildman–Crippen MR) is 99.5 cm³/mol. The first-order valence-electron chi connectivity index (χ1n) is 8.35. The minimum absolute atomic E-state index is 0.0283. The molecule has 3 rings (SSSR count). The molecular weight excluding hydrogens is 381 g/mol. The van der Waals surface area contributed by atoms with E-state index in [1.807, 2.05) is 0 Å². The Bertz CT molecular complexity index is 788. The highest BCUT2D eigenvalue weighted by atomic mass is 35.5. The van der Waals surface area contributed by atoms with Gasteiger partial charge in [-0.15, -0.1) is 0 Å². The van der Waals surface area contributed by atoms with Gasteiger partial charge in [-0.1, -0.05) is 29.3 Å². The van der Waals surface area contributed by atoms with Crippen molar-refractivity contribution < 1.29 is 13.6 Å². The van der Waals surface area contributed by atoms with Crippen LogP contribution in [0.1, 0.15) is 18.4 Å². The van der Waals surface area contributed by atoms with Crippen molar-refractivity contribution in [3.8, 4) is 0 Å². The van der Waals surface area contributed by atoms with Crippen molar-refractivity contribution in [1.29, 1.82) is 0 Å². The number of carbonyl (C=O) groups excluding carboxylic acids is 1. The molecule has 0 aliphatic carbocycles. The number of anilines is 1. The zero-order valence-corrected chi connectivity index (χ0v) is 15.5. The van der Waals surface area contributed by atoms with Crippen molar-refractivity contribution in [3.63, 3.8) is 0 Å². The Morgan fingerprint density at radius 1 is 1.08 bits per heavy atom. The molecule has 0 saturated carbocycles. The average molecular weight is 399 g/mol. The molecule has 0 bridgehead atoms. The summed E-state index contributed by atoms with van der Waals surface area (Å²) in [6, 6.07) is 8.75. The summed E-state index contributed by atoms with van der Waals surface area (Å²) in [4.78, 5) is 14.5. The Kier molecular flexibility index (Phi) is 6.12. The SMILES string of the molecule is O=C(Nc1ccc(F)c(Cl)c1)C1CCN(Cc2c(F)cccc2Cl)CC1. The lowest BCUT2D eigenvalue weighted by Gasteiger charge is -2.31. The number of halogens is 4. The third-order valence-corrected chi connectivity index (χ3v) is 5.23. The van der Waals surface area contributed by atoms with Gasteiger partial charge >= 0.3 is 0 Å². The number of rotatable bonds is 4. The molecule has 1 heterocycles. The second-order valence-corrected chi connectivity index (χ2v) is 7.18. The minimum atomic E-state index is -0.523. The number of piperidine rings is 1. The first-order chi connectivity index (χ1) is 12.4. The highest BCUT2D eigenvalue weighted by Crippen LogP contribution is 2.26. The number of carbonyl (C=O) groups is 1. The Morgan fingerprint density at radius 3 is 2.46 bits per heavy atom. The smallest absolute Gasteiger partial charge is 0.227 e. The number of hydrogen-bond acceptors (Lipinski definition) is 2. The van der Waals surface area contributed by atoms with Gasteiger partial charge < -0.3 is 5.32 Å². The van der Waals surface area contributed by atoms with Crippen molar-refractivity contribution in [2.24, 2.45) is 5.92 Å². The number of benzene rings is 2. The first kappa shape index (κ1) is 19.1. The zero-order valence-electron chi connectivity index (χ0n) is 13.9. The van der Waals surface area contributed by atoms with E-state index in [4.69, 9.17) is 23.2 Å². The first-order valence-corrected chi connectivity index (χ1v) is 9.11. The van der Waals surface area contributed by atoms with E-state index in [0.717, 1.165) is 0 Å². The number of amides is 1. The molecule has 2 aromatic carbocycles. The number of likely N-dealkylation sites (tertiary alicyclic amines) is 1.